The number of amides is 1. The lowest BCUT2D eigenvalue weighted by Gasteiger charge is -2.25. The van der Waals surface area contributed by atoms with Crippen molar-refractivity contribution in [2.45, 2.75) is 30.6 Å². The highest BCUT2D eigenvalue weighted by Crippen LogP contribution is 2.21. The average molecular weight is 421 g/mol. The SMILES string of the molecule is O=C(COc1ccc(F)cc1)NCCc1ccc(S(=O)(=O)N2CCCCC2)cc1. The van der Waals surface area contributed by atoms with E-state index in [9.17, 15) is 17.6 Å². The van der Waals surface area contributed by atoms with E-state index >= 15 is 0 Å². The normalized spacial score (nSPS) is 15.1. The molecule has 1 fully saturated rings. The van der Waals surface area contributed by atoms with Crippen LogP contribution in [-0.4, -0.2) is 44.9 Å². The van der Waals surface area contributed by atoms with Gasteiger partial charge in [-0.25, -0.2) is 12.8 Å². The van der Waals surface area contributed by atoms with Crippen molar-refractivity contribution in [3.8, 4) is 5.75 Å². The number of rotatable bonds is 8. The lowest BCUT2D eigenvalue weighted by molar-refractivity contribution is -0.123. The Hall–Kier alpha value is -2.45. The van der Waals surface area contributed by atoms with Crippen molar-refractivity contribution in [2.75, 3.05) is 26.2 Å². The van der Waals surface area contributed by atoms with Gasteiger partial charge in [0.05, 0.1) is 4.90 Å². The Kier molecular flexibility index (Phi) is 7.22. The van der Waals surface area contributed by atoms with Crippen LogP contribution in [0.4, 0.5) is 4.39 Å². The van der Waals surface area contributed by atoms with E-state index in [1.54, 1.807) is 28.6 Å². The number of carbonyl (C=O) groups excluding carboxylic acids is 1. The number of carbonyl (C=O) groups is 1. The molecule has 6 nitrogen and oxygen atoms in total. The van der Waals surface area contributed by atoms with Crippen molar-refractivity contribution < 1.29 is 22.3 Å². The van der Waals surface area contributed by atoms with Crippen LogP contribution in [0.3, 0.4) is 0 Å². The molecular formula is C21H25FN2O4S. The third kappa shape index (κ3) is 6.01. The summed E-state index contributed by atoms with van der Waals surface area (Å²) in [5.41, 5.74) is 0.933. The Morgan fingerprint density at radius 3 is 2.31 bits per heavy atom. The summed E-state index contributed by atoms with van der Waals surface area (Å²) in [4.78, 5) is 12.1. The molecule has 1 N–H and O–H groups in total. The number of halogens is 1. The van der Waals surface area contributed by atoms with Crippen LogP contribution in [0.25, 0.3) is 0 Å². The van der Waals surface area contributed by atoms with Crippen molar-refractivity contribution in [1.29, 1.82) is 0 Å². The molecule has 0 radical (unpaired) electrons. The monoisotopic (exact) mass is 420 g/mol. The minimum Gasteiger partial charge on any atom is -0.484 e. The molecule has 2 aromatic carbocycles. The molecule has 0 atom stereocenters. The number of benzene rings is 2. The van der Waals surface area contributed by atoms with E-state index < -0.39 is 10.0 Å². The highest BCUT2D eigenvalue weighted by atomic mass is 32.2. The standard InChI is InChI=1S/C21H25FN2O4S/c22-18-6-8-19(9-7-18)28-16-21(25)23-13-12-17-4-10-20(11-5-17)29(26,27)24-14-2-1-3-15-24/h4-11H,1-3,12-16H2,(H,23,25). The zero-order chi connectivity index (χ0) is 20.7. The molecule has 0 bridgehead atoms. The van der Waals surface area contributed by atoms with Crippen molar-refractivity contribution in [2.24, 2.45) is 0 Å². The van der Waals surface area contributed by atoms with Gasteiger partial charge in [-0.3, -0.25) is 4.79 Å². The number of nitrogens with one attached hydrogen (secondary N) is 1. The van der Waals surface area contributed by atoms with Crippen molar-refractivity contribution in [3.63, 3.8) is 0 Å². The first-order chi connectivity index (χ1) is 13.9. The van der Waals surface area contributed by atoms with Gasteiger partial charge < -0.3 is 10.1 Å². The summed E-state index contributed by atoms with van der Waals surface area (Å²) in [5, 5.41) is 2.74. The van der Waals surface area contributed by atoms with E-state index in [2.05, 4.69) is 5.32 Å². The van der Waals surface area contributed by atoms with E-state index in [4.69, 9.17) is 4.74 Å². The van der Waals surface area contributed by atoms with Gasteiger partial charge in [0.15, 0.2) is 6.61 Å². The van der Waals surface area contributed by atoms with E-state index in [1.165, 1.54) is 24.3 Å². The fraction of sp³-hybridized carbons (Fsp3) is 0.381. The highest BCUT2D eigenvalue weighted by Gasteiger charge is 2.25. The zero-order valence-corrected chi connectivity index (χ0v) is 17.0. The zero-order valence-electron chi connectivity index (χ0n) is 16.1. The van der Waals surface area contributed by atoms with Gasteiger partial charge in [0.1, 0.15) is 11.6 Å². The number of hydrogen-bond acceptors (Lipinski definition) is 4. The van der Waals surface area contributed by atoms with Crippen molar-refractivity contribution >= 4 is 15.9 Å². The molecule has 1 saturated heterocycles. The number of sulfonamides is 1. The van der Waals surface area contributed by atoms with E-state index in [0.717, 1.165) is 24.8 Å². The summed E-state index contributed by atoms with van der Waals surface area (Å²) in [6.07, 6.45) is 3.46. The van der Waals surface area contributed by atoms with Gasteiger partial charge >= 0.3 is 0 Å². The summed E-state index contributed by atoms with van der Waals surface area (Å²) < 4.78 is 44.9. The third-order valence-corrected chi connectivity index (χ3v) is 6.71. The average Bonchev–Trinajstić information content (AvgIpc) is 2.74. The number of hydrogen-bond donors (Lipinski definition) is 1. The predicted octanol–water partition coefficient (Wildman–Crippen LogP) is 2.74. The summed E-state index contributed by atoms with van der Waals surface area (Å²) in [6, 6.07) is 12.3. The van der Waals surface area contributed by atoms with Gasteiger partial charge in [-0.15, -0.1) is 0 Å². The summed E-state index contributed by atoms with van der Waals surface area (Å²) in [6.45, 7) is 1.41. The minimum atomic E-state index is -3.43. The van der Waals surface area contributed by atoms with Crippen LogP contribution in [0.5, 0.6) is 5.75 Å². The van der Waals surface area contributed by atoms with Crippen molar-refractivity contribution in [1.82, 2.24) is 9.62 Å². The topological polar surface area (TPSA) is 75.7 Å². The lowest BCUT2D eigenvalue weighted by atomic mass is 10.1. The first kappa shape index (κ1) is 21.3. The maximum absolute atomic E-state index is 12.8. The number of piperidine rings is 1. The van der Waals surface area contributed by atoms with E-state index in [1.807, 2.05) is 0 Å². The molecule has 8 heteroatoms. The molecule has 1 aliphatic rings. The Bertz CT molecular complexity index is 909. The van der Waals surface area contributed by atoms with Crippen LogP contribution in [0.1, 0.15) is 24.8 Å². The minimum absolute atomic E-state index is 0.154. The molecule has 0 unspecified atom stereocenters. The molecule has 29 heavy (non-hydrogen) atoms. The molecule has 0 aromatic heterocycles. The molecule has 3 rings (SSSR count). The first-order valence-electron chi connectivity index (χ1n) is 9.69. The Morgan fingerprint density at radius 1 is 1.00 bits per heavy atom. The molecule has 0 aliphatic carbocycles. The van der Waals surface area contributed by atoms with Crippen LogP contribution < -0.4 is 10.1 Å². The summed E-state index contributed by atoms with van der Waals surface area (Å²) >= 11 is 0. The van der Waals surface area contributed by atoms with Gasteiger partial charge in [-0.05, 0) is 61.2 Å². The molecule has 2 aromatic rings. The van der Waals surface area contributed by atoms with Crippen LogP contribution in [0, 0.1) is 5.82 Å². The van der Waals surface area contributed by atoms with Gasteiger partial charge in [0.25, 0.3) is 5.91 Å². The predicted molar refractivity (Wildman–Crippen MR) is 108 cm³/mol. The van der Waals surface area contributed by atoms with Crippen LogP contribution >= 0.6 is 0 Å². The molecular weight excluding hydrogens is 395 g/mol. The Balaban J connectivity index is 1.44. The van der Waals surface area contributed by atoms with Crippen LogP contribution in [-0.2, 0) is 21.2 Å². The first-order valence-corrected chi connectivity index (χ1v) is 11.1. The van der Waals surface area contributed by atoms with Gasteiger partial charge in [0.2, 0.25) is 10.0 Å². The Labute approximate surface area is 170 Å². The molecule has 1 heterocycles. The Morgan fingerprint density at radius 2 is 1.66 bits per heavy atom. The van der Waals surface area contributed by atoms with Gasteiger partial charge in [-0.2, -0.15) is 4.31 Å². The second kappa shape index (κ2) is 9.84. The van der Waals surface area contributed by atoms with E-state index in [0.29, 0.717) is 36.7 Å². The van der Waals surface area contributed by atoms with Crippen molar-refractivity contribution in [3.05, 3.63) is 59.9 Å². The molecule has 1 aliphatic heterocycles. The van der Waals surface area contributed by atoms with Crippen LogP contribution in [0.2, 0.25) is 0 Å². The number of ether oxygens (including phenoxy) is 1. The third-order valence-electron chi connectivity index (χ3n) is 4.80. The second-order valence-electron chi connectivity index (χ2n) is 6.95. The van der Waals surface area contributed by atoms with E-state index in [-0.39, 0.29) is 18.3 Å². The van der Waals surface area contributed by atoms with Crippen LogP contribution in [0.15, 0.2) is 53.4 Å². The largest absolute Gasteiger partial charge is 0.484 e. The highest BCUT2D eigenvalue weighted by molar-refractivity contribution is 7.89. The molecule has 156 valence electrons. The maximum Gasteiger partial charge on any atom is 0.257 e. The molecule has 0 spiro atoms. The maximum atomic E-state index is 12.8. The smallest absolute Gasteiger partial charge is 0.257 e. The summed E-state index contributed by atoms with van der Waals surface area (Å²) in [7, 11) is -3.43. The summed E-state index contributed by atoms with van der Waals surface area (Å²) in [5.74, 6) is -0.220. The fourth-order valence-corrected chi connectivity index (χ4v) is 4.68. The lowest BCUT2D eigenvalue weighted by Crippen LogP contribution is -2.35. The molecule has 0 saturated carbocycles. The fourth-order valence-electron chi connectivity index (χ4n) is 3.16. The second-order valence-corrected chi connectivity index (χ2v) is 8.89. The van der Waals surface area contributed by atoms with Gasteiger partial charge in [-0.1, -0.05) is 18.6 Å². The number of nitrogens with zero attached hydrogens (tertiary/aromatic N) is 1. The van der Waals surface area contributed by atoms with Gasteiger partial charge in [0, 0.05) is 19.6 Å². The molecule has 1 amide bonds. The quantitative estimate of drug-likeness (QED) is 0.713.